The van der Waals surface area contributed by atoms with Gasteiger partial charge < -0.3 is 5.11 Å². The van der Waals surface area contributed by atoms with Gasteiger partial charge in [0.15, 0.2) is 0 Å². The van der Waals surface area contributed by atoms with E-state index in [0.29, 0.717) is 5.92 Å². The van der Waals surface area contributed by atoms with Gasteiger partial charge in [-0.15, -0.1) is 0 Å². The Bertz CT molecular complexity index is 271. The molecule has 15 heavy (non-hydrogen) atoms. The van der Waals surface area contributed by atoms with Gasteiger partial charge in [-0.3, -0.25) is 0 Å². The minimum absolute atomic E-state index is 0.250. The largest absolute Gasteiger partial charge is 0.393 e. The van der Waals surface area contributed by atoms with E-state index in [1.54, 1.807) is 0 Å². The van der Waals surface area contributed by atoms with Crippen molar-refractivity contribution in [2.75, 3.05) is 0 Å². The smallest absolute Gasteiger partial charge is 0.0572 e. The Hall–Kier alpha value is -0.560. The molecule has 3 atom stereocenters. The topological polar surface area (TPSA) is 20.2 Å². The molecule has 1 nitrogen and oxygen atoms in total. The highest BCUT2D eigenvalue weighted by molar-refractivity contribution is 5.22. The Morgan fingerprint density at radius 3 is 2.47 bits per heavy atom. The maximum atomic E-state index is 9.41. The van der Waals surface area contributed by atoms with Gasteiger partial charge in [-0.05, 0) is 37.5 Å². The van der Waals surface area contributed by atoms with Gasteiger partial charge in [0.1, 0.15) is 0 Å². The Labute approximate surface area is 93.9 Å². The van der Waals surface area contributed by atoms with Crippen LogP contribution >= 0.6 is 0 Å². The lowest BCUT2D eigenvalue weighted by Gasteiger charge is -2.27. The normalized spacial score (nSPS) is 29.2. The first kappa shape index (κ1) is 12.5. The van der Waals surface area contributed by atoms with Crippen molar-refractivity contribution in [2.45, 2.75) is 47.1 Å². The monoisotopic (exact) mass is 208 g/mol. The molecule has 0 fully saturated rings. The molecule has 1 rings (SSSR count). The van der Waals surface area contributed by atoms with E-state index in [-0.39, 0.29) is 17.4 Å². The first-order valence-corrected chi connectivity index (χ1v) is 5.89. The average Bonchev–Trinajstić information content (AvgIpc) is 2.39. The summed E-state index contributed by atoms with van der Waals surface area (Å²) in [6, 6.07) is 0. The summed E-state index contributed by atoms with van der Waals surface area (Å²) in [5.41, 5.74) is 1.77. The molecular formula is C14H24O. The lowest BCUT2D eigenvalue weighted by atomic mass is 9.77. The molecule has 1 aliphatic carbocycles. The van der Waals surface area contributed by atoms with Crippen LogP contribution in [0.3, 0.4) is 0 Å². The quantitative estimate of drug-likeness (QED) is 0.703. The molecule has 86 valence electrons. The molecule has 0 aromatic rings. The number of aliphatic hydroxyl groups excluding tert-OH is 1. The second kappa shape index (κ2) is 4.52. The summed E-state index contributed by atoms with van der Waals surface area (Å²) in [6.07, 6.45) is 7.66. The van der Waals surface area contributed by atoms with Crippen molar-refractivity contribution in [3.8, 4) is 0 Å². The van der Waals surface area contributed by atoms with Gasteiger partial charge in [0.25, 0.3) is 0 Å². The molecule has 0 saturated heterocycles. The molecule has 0 amide bonds. The molecule has 0 aromatic carbocycles. The summed E-state index contributed by atoms with van der Waals surface area (Å²) >= 11 is 0. The minimum Gasteiger partial charge on any atom is -0.393 e. The minimum atomic E-state index is -0.250. The van der Waals surface area contributed by atoms with Crippen molar-refractivity contribution in [2.24, 2.45) is 17.3 Å². The number of hydrogen-bond donors (Lipinski definition) is 1. The van der Waals surface area contributed by atoms with E-state index in [4.69, 9.17) is 0 Å². The van der Waals surface area contributed by atoms with E-state index < -0.39 is 0 Å². The molecule has 0 aromatic heterocycles. The van der Waals surface area contributed by atoms with Crippen LogP contribution in [0, 0.1) is 17.3 Å². The molecule has 0 bridgehead atoms. The van der Waals surface area contributed by atoms with Crippen molar-refractivity contribution >= 4 is 0 Å². The van der Waals surface area contributed by atoms with Gasteiger partial charge in [-0.2, -0.15) is 0 Å². The van der Waals surface area contributed by atoms with Crippen molar-refractivity contribution < 1.29 is 5.11 Å². The molecule has 0 saturated carbocycles. The lowest BCUT2D eigenvalue weighted by Crippen LogP contribution is -2.19. The van der Waals surface area contributed by atoms with Crippen LogP contribution in [0.25, 0.3) is 0 Å². The molecule has 0 spiro atoms. The fourth-order valence-corrected chi connectivity index (χ4v) is 1.94. The maximum Gasteiger partial charge on any atom is 0.0572 e. The maximum absolute atomic E-state index is 9.41. The van der Waals surface area contributed by atoms with Crippen molar-refractivity contribution in [1.29, 1.82) is 0 Å². The van der Waals surface area contributed by atoms with Crippen LogP contribution in [-0.4, -0.2) is 11.2 Å². The molecule has 0 heterocycles. The standard InChI is InChI=1S/C14H24O/c1-10(12(3)15)6-8-13-9-7-11(2)14(13,4)5/h6-8,10,12-13,15H,9H2,1-5H3/t10-,12+,13+/m1/s1. The highest BCUT2D eigenvalue weighted by Gasteiger charge is 2.32. The molecule has 0 unspecified atom stereocenters. The first-order chi connectivity index (χ1) is 6.85. The zero-order chi connectivity index (χ0) is 11.6. The zero-order valence-corrected chi connectivity index (χ0v) is 10.6. The third-order valence-electron chi connectivity index (χ3n) is 4.03. The highest BCUT2D eigenvalue weighted by atomic mass is 16.3. The molecule has 1 heteroatoms. The average molecular weight is 208 g/mol. The Balaban J connectivity index is 2.62. The van der Waals surface area contributed by atoms with Crippen molar-refractivity contribution in [1.82, 2.24) is 0 Å². The number of hydrogen-bond acceptors (Lipinski definition) is 1. The summed E-state index contributed by atoms with van der Waals surface area (Å²) in [7, 11) is 0. The van der Waals surface area contributed by atoms with Crippen LogP contribution in [0.1, 0.15) is 41.0 Å². The third kappa shape index (κ3) is 2.72. The Kier molecular flexibility index (Phi) is 3.77. The van der Waals surface area contributed by atoms with Gasteiger partial charge in [-0.1, -0.05) is 44.6 Å². The van der Waals surface area contributed by atoms with Gasteiger partial charge in [0, 0.05) is 0 Å². The summed E-state index contributed by atoms with van der Waals surface area (Å²) in [6.45, 7) is 10.7. The fraction of sp³-hybridized carbons (Fsp3) is 0.714. The summed E-state index contributed by atoms with van der Waals surface area (Å²) in [4.78, 5) is 0. The molecule has 1 N–H and O–H groups in total. The van der Waals surface area contributed by atoms with Crippen LogP contribution in [-0.2, 0) is 0 Å². The van der Waals surface area contributed by atoms with Crippen LogP contribution in [0.2, 0.25) is 0 Å². The second-order valence-electron chi connectivity index (χ2n) is 5.44. The Morgan fingerprint density at radius 1 is 1.47 bits per heavy atom. The zero-order valence-electron chi connectivity index (χ0n) is 10.6. The summed E-state index contributed by atoms with van der Waals surface area (Å²) < 4.78 is 0. The number of allylic oxidation sites excluding steroid dienone is 3. The highest BCUT2D eigenvalue weighted by Crippen LogP contribution is 2.43. The van der Waals surface area contributed by atoms with Gasteiger partial charge in [0.05, 0.1) is 6.10 Å². The summed E-state index contributed by atoms with van der Waals surface area (Å²) in [5, 5.41) is 9.41. The fourth-order valence-electron chi connectivity index (χ4n) is 1.94. The van der Waals surface area contributed by atoms with E-state index in [2.05, 4.69) is 45.9 Å². The summed E-state index contributed by atoms with van der Waals surface area (Å²) in [5.74, 6) is 0.848. The van der Waals surface area contributed by atoms with Crippen LogP contribution in [0.15, 0.2) is 23.8 Å². The molecule has 0 radical (unpaired) electrons. The van der Waals surface area contributed by atoms with Crippen LogP contribution < -0.4 is 0 Å². The molecule has 1 aliphatic rings. The van der Waals surface area contributed by atoms with Gasteiger partial charge in [-0.25, -0.2) is 0 Å². The van der Waals surface area contributed by atoms with E-state index in [9.17, 15) is 5.11 Å². The predicted molar refractivity (Wildman–Crippen MR) is 65.6 cm³/mol. The van der Waals surface area contributed by atoms with E-state index in [1.165, 1.54) is 5.57 Å². The van der Waals surface area contributed by atoms with Crippen molar-refractivity contribution in [3.05, 3.63) is 23.8 Å². The van der Waals surface area contributed by atoms with Crippen molar-refractivity contribution in [3.63, 3.8) is 0 Å². The van der Waals surface area contributed by atoms with E-state index in [0.717, 1.165) is 6.42 Å². The van der Waals surface area contributed by atoms with Gasteiger partial charge in [0.2, 0.25) is 0 Å². The number of aliphatic hydroxyl groups is 1. The predicted octanol–water partition coefficient (Wildman–Crippen LogP) is 3.55. The SMILES string of the molecule is CC1=CC[C@H](C=C[C@@H](C)[C@H](C)O)C1(C)C. The number of rotatable bonds is 3. The first-order valence-electron chi connectivity index (χ1n) is 5.89. The lowest BCUT2D eigenvalue weighted by molar-refractivity contribution is 0.156. The second-order valence-corrected chi connectivity index (χ2v) is 5.44. The molecular weight excluding hydrogens is 184 g/mol. The molecule has 0 aliphatic heterocycles. The Morgan fingerprint density at radius 2 is 2.07 bits per heavy atom. The van der Waals surface area contributed by atoms with Crippen LogP contribution in [0.5, 0.6) is 0 Å². The van der Waals surface area contributed by atoms with Crippen LogP contribution in [0.4, 0.5) is 0 Å². The van der Waals surface area contributed by atoms with Gasteiger partial charge >= 0.3 is 0 Å². The van der Waals surface area contributed by atoms with E-state index >= 15 is 0 Å². The van der Waals surface area contributed by atoms with E-state index in [1.807, 2.05) is 6.92 Å². The third-order valence-corrected chi connectivity index (χ3v) is 4.03.